The smallest absolute Gasteiger partial charge is 0.237 e. The Kier molecular flexibility index (Phi) is 3.91. The quantitative estimate of drug-likeness (QED) is 0.773. The van der Waals surface area contributed by atoms with Crippen LogP contribution in [0, 0.1) is 5.41 Å². The van der Waals surface area contributed by atoms with Crippen molar-refractivity contribution in [2.75, 3.05) is 25.6 Å². The molecule has 1 rings (SSSR count). The van der Waals surface area contributed by atoms with Gasteiger partial charge in [0, 0.05) is 24.8 Å². The van der Waals surface area contributed by atoms with Gasteiger partial charge in [-0.2, -0.15) is 0 Å². The van der Waals surface area contributed by atoms with Crippen LogP contribution in [-0.4, -0.2) is 30.4 Å². The number of hydrogen-bond acceptors (Lipinski definition) is 4. The molecule has 0 spiro atoms. The molecule has 1 aromatic heterocycles. The molecule has 0 unspecified atom stereocenters. The summed E-state index contributed by atoms with van der Waals surface area (Å²) in [6, 6.07) is 3.75. The topological polar surface area (TPSA) is 54.4 Å². The summed E-state index contributed by atoms with van der Waals surface area (Å²) in [5, 5.41) is 12.3. The second-order valence-corrected chi connectivity index (χ2v) is 4.24. The van der Waals surface area contributed by atoms with Crippen LogP contribution >= 0.6 is 0 Å². The number of ether oxygens (including phenoxy) is 1. The minimum atomic E-state index is -0.152. The van der Waals surface area contributed by atoms with Crippen molar-refractivity contribution in [1.82, 2.24) is 4.98 Å². The predicted molar refractivity (Wildman–Crippen MR) is 60.1 cm³/mol. The lowest BCUT2D eigenvalue weighted by Crippen LogP contribution is -2.26. The molecule has 0 aliphatic heterocycles. The second-order valence-electron chi connectivity index (χ2n) is 4.24. The maximum Gasteiger partial charge on any atom is 0.237 e. The summed E-state index contributed by atoms with van der Waals surface area (Å²) in [7, 11) is 1.59. The minimum absolute atomic E-state index is 0.141. The van der Waals surface area contributed by atoms with Crippen LogP contribution in [0.25, 0.3) is 0 Å². The summed E-state index contributed by atoms with van der Waals surface area (Å²) < 4.78 is 5.11. The molecule has 0 aliphatic carbocycles. The van der Waals surface area contributed by atoms with Crippen LogP contribution in [0.4, 0.5) is 5.69 Å². The normalized spacial score (nSPS) is 11.2. The molecule has 2 N–H and O–H groups in total. The van der Waals surface area contributed by atoms with Gasteiger partial charge in [-0.15, -0.1) is 0 Å². The number of rotatable bonds is 5. The van der Waals surface area contributed by atoms with E-state index < -0.39 is 0 Å². The van der Waals surface area contributed by atoms with Gasteiger partial charge in [-0.3, -0.25) is 0 Å². The number of aliphatic hydroxyl groups is 1. The van der Waals surface area contributed by atoms with Gasteiger partial charge >= 0.3 is 0 Å². The van der Waals surface area contributed by atoms with Crippen molar-refractivity contribution in [1.29, 1.82) is 0 Å². The van der Waals surface area contributed by atoms with Crippen molar-refractivity contribution in [3.63, 3.8) is 0 Å². The zero-order valence-electron chi connectivity index (χ0n) is 9.45. The van der Waals surface area contributed by atoms with Crippen molar-refractivity contribution < 1.29 is 9.84 Å². The van der Waals surface area contributed by atoms with Crippen LogP contribution in [0.5, 0.6) is 5.88 Å². The Balaban J connectivity index is 2.65. The average Bonchev–Trinajstić information content (AvgIpc) is 2.27. The van der Waals surface area contributed by atoms with E-state index in [0.717, 1.165) is 5.69 Å². The minimum Gasteiger partial charge on any atom is -0.480 e. The Morgan fingerprint density at radius 1 is 1.53 bits per heavy atom. The Morgan fingerprint density at radius 2 is 2.27 bits per heavy atom. The van der Waals surface area contributed by atoms with Gasteiger partial charge < -0.3 is 15.2 Å². The van der Waals surface area contributed by atoms with Gasteiger partial charge in [0.25, 0.3) is 0 Å². The highest BCUT2D eigenvalue weighted by Crippen LogP contribution is 2.22. The SMILES string of the molecule is COc1ncccc1NCC(C)(C)CO. The molecule has 4 heteroatoms. The number of nitrogens with zero attached hydrogens (tertiary/aromatic N) is 1. The summed E-state index contributed by atoms with van der Waals surface area (Å²) >= 11 is 0. The fourth-order valence-electron chi connectivity index (χ4n) is 1.08. The molecule has 0 saturated carbocycles. The standard InChI is InChI=1S/C11H18N2O2/c1-11(2,8-14)7-13-9-5-4-6-12-10(9)15-3/h4-6,13-14H,7-8H2,1-3H3. The molecule has 0 aliphatic rings. The highest BCUT2D eigenvalue weighted by Gasteiger charge is 2.16. The van der Waals surface area contributed by atoms with Crippen LogP contribution in [-0.2, 0) is 0 Å². The largest absolute Gasteiger partial charge is 0.480 e. The lowest BCUT2D eigenvalue weighted by Gasteiger charge is -2.22. The van der Waals surface area contributed by atoms with Gasteiger partial charge in [0.15, 0.2) is 0 Å². The van der Waals surface area contributed by atoms with Gasteiger partial charge in [0.1, 0.15) is 0 Å². The van der Waals surface area contributed by atoms with E-state index in [1.165, 1.54) is 0 Å². The van der Waals surface area contributed by atoms with Gasteiger partial charge in [-0.1, -0.05) is 13.8 Å². The number of nitrogens with one attached hydrogen (secondary N) is 1. The third-order valence-corrected chi connectivity index (χ3v) is 2.15. The van der Waals surface area contributed by atoms with Gasteiger partial charge in [0.05, 0.1) is 12.8 Å². The first kappa shape index (κ1) is 11.8. The van der Waals surface area contributed by atoms with Crippen molar-refractivity contribution in [3.05, 3.63) is 18.3 Å². The summed E-state index contributed by atoms with van der Waals surface area (Å²) in [6.07, 6.45) is 1.68. The number of aromatic nitrogens is 1. The molecule has 0 atom stereocenters. The molecule has 0 bridgehead atoms. The van der Waals surface area contributed by atoms with Crippen molar-refractivity contribution in [2.24, 2.45) is 5.41 Å². The van der Waals surface area contributed by atoms with E-state index in [1.54, 1.807) is 13.3 Å². The van der Waals surface area contributed by atoms with Gasteiger partial charge in [-0.05, 0) is 12.1 Å². The van der Waals surface area contributed by atoms with Crippen LogP contribution < -0.4 is 10.1 Å². The zero-order valence-corrected chi connectivity index (χ0v) is 9.45. The highest BCUT2D eigenvalue weighted by atomic mass is 16.5. The van der Waals surface area contributed by atoms with Crippen LogP contribution in [0.3, 0.4) is 0 Å². The number of anilines is 1. The lowest BCUT2D eigenvalue weighted by molar-refractivity contribution is 0.170. The average molecular weight is 210 g/mol. The summed E-state index contributed by atoms with van der Waals surface area (Å²) in [5.41, 5.74) is 0.697. The van der Waals surface area contributed by atoms with E-state index in [9.17, 15) is 0 Å². The first-order valence-corrected chi connectivity index (χ1v) is 4.93. The summed E-state index contributed by atoms with van der Waals surface area (Å²) in [4.78, 5) is 4.08. The molecule has 1 aromatic rings. The molecule has 0 amide bonds. The Hall–Kier alpha value is -1.29. The van der Waals surface area contributed by atoms with Crippen molar-refractivity contribution >= 4 is 5.69 Å². The van der Waals surface area contributed by atoms with Crippen LogP contribution in [0.15, 0.2) is 18.3 Å². The molecule has 0 radical (unpaired) electrons. The third kappa shape index (κ3) is 3.40. The number of hydrogen-bond donors (Lipinski definition) is 2. The molecule has 0 fully saturated rings. The van der Waals surface area contributed by atoms with E-state index in [-0.39, 0.29) is 12.0 Å². The van der Waals surface area contributed by atoms with Crippen LogP contribution in [0.1, 0.15) is 13.8 Å². The molecule has 84 valence electrons. The monoisotopic (exact) mass is 210 g/mol. The molecule has 0 aromatic carbocycles. The summed E-state index contributed by atoms with van der Waals surface area (Å²) in [5.74, 6) is 0.575. The predicted octanol–water partition coefficient (Wildman–Crippen LogP) is 1.52. The van der Waals surface area contributed by atoms with Gasteiger partial charge in [0.2, 0.25) is 5.88 Å². The number of pyridine rings is 1. The van der Waals surface area contributed by atoms with E-state index in [2.05, 4.69) is 10.3 Å². The summed E-state index contributed by atoms with van der Waals surface area (Å²) in [6.45, 7) is 4.79. The van der Waals surface area contributed by atoms with E-state index >= 15 is 0 Å². The van der Waals surface area contributed by atoms with Crippen LogP contribution in [0.2, 0.25) is 0 Å². The molecule has 15 heavy (non-hydrogen) atoms. The molecular weight excluding hydrogens is 192 g/mol. The maximum atomic E-state index is 9.11. The van der Waals surface area contributed by atoms with Crippen molar-refractivity contribution in [2.45, 2.75) is 13.8 Å². The zero-order chi connectivity index (χ0) is 11.3. The third-order valence-electron chi connectivity index (χ3n) is 2.15. The maximum absolute atomic E-state index is 9.11. The molecule has 0 saturated heterocycles. The fraction of sp³-hybridized carbons (Fsp3) is 0.545. The Bertz CT molecular complexity index is 313. The van der Waals surface area contributed by atoms with E-state index in [0.29, 0.717) is 12.4 Å². The lowest BCUT2D eigenvalue weighted by atomic mass is 9.95. The number of aliphatic hydroxyl groups excluding tert-OH is 1. The van der Waals surface area contributed by atoms with Crippen molar-refractivity contribution in [3.8, 4) is 5.88 Å². The highest BCUT2D eigenvalue weighted by molar-refractivity contribution is 5.52. The fourth-order valence-corrected chi connectivity index (χ4v) is 1.08. The van der Waals surface area contributed by atoms with Gasteiger partial charge in [-0.25, -0.2) is 4.98 Å². The second kappa shape index (κ2) is 4.98. The molecule has 1 heterocycles. The van der Waals surface area contributed by atoms with E-state index in [1.807, 2.05) is 26.0 Å². The number of methoxy groups -OCH3 is 1. The first-order chi connectivity index (χ1) is 7.09. The van der Waals surface area contributed by atoms with E-state index in [4.69, 9.17) is 9.84 Å². The first-order valence-electron chi connectivity index (χ1n) is 4.93. The Morgan fingerprint density at radius 3 is 2.87 bits per heavy atom. The molecular formula is C11H18N2O2. The molecule has 4 nitrogen and oxygen atoms in total. The Labute approximate surface area is 90.3 Å².